The van der Waals surface area contributed by atoms with Crippen molar-refractivity contribution in [3.63, 3.8) is 0 Å². The Morgan fingerprint density at radius 2 is 2.00 bits per heavy atom. The first-order valence-electron chi connectivity index (χ1n) is 8.66. The zero-order valence-corrected chi connectivity index (χ0v) is 15.5. The summed E-state index contributed by atoms with van der Waals surface area (Å²) in [5, 5.41) is 9.22. The van der Waals surface area contributed by atoms with Crippen LogP contribution in [0.15, 0.2) is 29.4 Å². The molecule has 1 atom stereocenters. The van der Waals surface area contributed by atoms with Gasteiger partial charge >= 0.3 is 0 Å². The minimum Gasteiger partial charge on any atom is -0.496 e. The van der Waals surface area contributed by atoms with Gasteiger partial charge in [0.05, 0.1) is 17.9 Å². The van der Waals surface area contributed by atoms with E-state index in [1.165, 1.54) is 31.0 Å². The van der Waals surface area contributed by atoms with E-state index >= 15 is 0 Å². The average Bonchev–Trinajstić information content (AvgIpc) is 3.05. The first-order valence-corrected chi connectivity index (χ1v) is 9.54. The number of benzene rings is 1. The summed E-state index contributed by atoms with van der Waals surface area (Å²) in [6.45, 7) is 1.80. The Kier molecular flexibility index (Phi) is 5.63. The lowest BCUT2D eigenvalue weighted by Crippen LogP contribution is -2.23. The number of nitrogens with two attached hydrogens (primary N) is 1. The number of amides is 1. The van der Waals surface area contributed by atoms with Crippen molar-refractivity contribution in [1.29, 1.82) is 0 Å². The Morgan fingerprint density at radius 1 is 1.28 bits per heavy atom. The molecule has 0 saturated heterocycles. The molecule has 1 aromatic carbocycles. The van der Waals surface area contributed by atoms with E-state index in [1.807, 2.05) is 24.3 Å². The topological polar surface area (TPSA) is 83.0 Å². The predicted octanol–water partition coefficient (Wildman–Crippen LogP) is 3.42. The summed E-state index contributed by atoms with van der Waals surface area (Å²) in [5.74, 6) is 1.22. The highest BCUT2D eigenvalue weighted by Gasteiger charge is 2.26. The van der Waals surface area contributed by atoms with Crippen molar-refractivity contribution in [2.75, 3.05) is 7.11 Å². The van der Waals surface area contributed by atoms with Crippen LogP contribution in [0.5, 0.6) is 5.75 Å². The molecule has 1 unspecified atom stereocenters. The SMILES string of the molecule is COc1ccccc1-c1nnc(SC(C)C(N)=O)n1C1CCCCC1. The van der Waals surface area contributed by atoms with Crippen molar-refractivity contribution in [3.8, 4) is 17.1 Å². The highest BCUT2D eigenvalue weighted by atomic mass is 32.2. The predicted molar refractivity (Wildman–Crippen MR) is 98.6 cm³/mol. The maximum absolute atomic E-state index is 11.5. The molecule has 1 amide bonds. The summed E-state index contributed by atoms with van der Waals surface area (Å²) < 4.78 is 7.69. The Morgan fingerprint density at radius 3 is 2.68 bits per heavy atom. The van der Waals surface area contributed by atoms with Crippen LogP contribution in [-0.4, -0.2) is 33.0 Å². The molecule has 1 aromatic heterocycles. The molecule has 1 fully saturated rings. The fourth-order valence-corrected chi connectivity index (χ4v) is 4.12. The van der Waals surface area contributed by atoms with Crippen LogP contribution in [0.2, 0.25) is 0 Å². The van der Waals surface area contributed by atoms with E-state index in [0.29, 0.717) is 6.04 Å². The number of hydrogen-bond acceptors (Lipinski definition) is 5. The largest absolute Gasteiger partial charge is 0.496 e. The zero-order valence-electron chi connectivity index (χ0n) is 14.6. The molecule has 2 N–H and O–H groups in total. The van der Waals surface area contributed by atoms with E-state index in [1.54, 1.807) is 14.0 Å². The van der Waals surface area contributed by atoms with Crippen molar-refractivity contribution in [1.82, 2.24) is 14.8 Å². The summed E-state index contributed by atoms with van der Waals surface area (Å²) in [6.07, 6.45) is 5.85. The summed E-state index contributed by atoms with van der Waals surface area (Å²) >= 11 is 1.37. The molecule has 1 aliphatic carbocycles. The zero-order chi connectivity index (χ0) is 17.8. The van der Waals surface area contributed by atoms with Gasteiger partial charge in [0.15, 0.2) is 11.0 Å². The number of carbonyl (C=O) groups is 1. The van der Waals surface area contributed by atoms with Gasteiger partial charge in [-0.25, -0.2) is 0 Å². The second-order valence-corrected chi connectivity index (χ2v) is 7.64. The molecular formula is C18H24N4O2S. The standard InChI is InChI=1S/C18H24N4O2S/c1-12(16(19)23)25-18-21-20-17(14-10-6-7-11-15(14)24-2)22(18)13-8-4-3-5-9-13/h6-7,10-13H,3-5,8-9H2,1-2H3,(H2,19,23). The van der Waals surface area contributed by atoms with E-state index in [4.69, 9.17) is 10.5 Å². The molecule has 1 heterocycles. The first-order chi connectivity index (χ1) is 12.1. The number of ether oxygens (including phenoxy) is 1. The first kappa shape index (κ1) is 17.8. The van der Waals surface area contributed by atoms with Crippen molar-refractivity contribution in [3.05, 3.63) is 24.3 Å². The molecule has 0 radical (unpaired) electrons. The third-order valence-corrected chi connectivity index (χ3v) is 5.71. The molecule has 134 valence electrons. The fraction of sp³-hybridized carbons (Fsp3) is 0.500. The molecule has 6 nitrogen and oxygen atoms in total. The number of hydrogen-bond donors (Lipinski definition) is 1. The van der Waals surface area contributed by atoms with Gasteiger partial charge in [-0.1, -0.05) is 43.2 Å². The Bertz CT molecular complexity index is 740. The third-order valence-electron chi connectivity index (χ3n) is 4.64. The van der Waals surface area contributed by atoms with Crippen LogP contribution in [-0.2, 0) is 4.79 Å². The average molecular weight is 360 g/mol. The number of rotatable bonds is 6. The quantitative estimate of drug-likeness (QED) is 0.798. The molecular weight excluding hydrogens is 336 g/mol. The number of thioether (sulfide) groups is 1. The van der Waals surface area contributed by atoms with Crippen LogP contribution in [0.1, 0.15) is 45.1 Å². The van der Waals surface area contributed by atoms with E-state index in [2.05, 4.69) is 14.8 Å². The maximum Gasteiger partial charge on any atom is 0.230 e. The Balaban J connectivity index is 2.05. The van der Waals surface area contributed by atoms with Gasteiger partial charge in [-0.2, -0.15) is 0 Å². The molecule has 3 rings (SSSR count). The summed E-state index contributed by atoms with van der Waals surface area (Å²) in [4.78, 5) is 11.5. The lowest BCUT2D eigenvalue weighted by Gasteiger charge is -2.26. The van der Waals surface area contributed by atoms with Crippen molar-refractivity contribution < 1.29 is 9.53 Å². The summed E-state index contributed by atoms with van der Waals surface area (Å²) in [7, 11) is 1.66. The van der Waals surface area contributed by atoms with Gasteiger partial charge in [0.25, 0.3) is 0 Å². The van der Waals surface area contributed by atoms with Gasteiger partial charge in [-0.05, 0) is 31.9 Å². The van der Waals surface area contributed by atoms with E-state index in [-0.39, 0.29) is 11.2 Å². The number of nitrogens with zero attached hydrogens (tertiary/aromatic N) is 3. The Hall–Kier alpha value is -2.02. The maximum atomic E-state index is 11.5. The van der Waals surface area contributed by atoms with Gasteiger partial charge in [0, 0.05) is 6.04 Å². The van der Waals surface area contributed by atoms with Crippen LogP contribution in [0.25, 0.3) is 11.4 Å². The normalized spacial score (nSPS) is 16.6. The lowest BCUT2D eigenvalue weighted by molar-refractivity contribution is -0.117. The number of carbonyl (C=O) groups excluding carboxylic acids is 1. The van der Waals surface area contributed by atoms with Crippen molar-refractivity contribution in [2.45, 2.75) is 55.5 Å². The monoisotopic (exact) mass is 360 g/mol. The Labute approximate surface area is 152 Å². The van der Waals surface area contributed by atoms with E-state index < -0.39 is 0 Å². The fourth-order valence-electron chi connectivity index (χ4n) is 3.25. The van der Waals surface area contributed by atoms with Crippen molar-refractivity contribution in [2.24, 2.45) is 5.73 Å². The number of para-hydroxylation sites is 1. The summed E-state index contributed by atoms with van der Waals surface area (Å²) in [5.41, 5.74) is 6.36. The number of aromatic nitrogens is 3. The van der Waals surface area contributed by atoms with Gasteiger partial charge in [0.2, 0.25) is 5.91 Å². The highest BCUT2D eigenvalue weighted by molar-refractivity contribution is 8.00. The van der Waals surface area contributed by atoms with E-state index in [0.717, 1.165) is 35.1 Å². The molecule has 0 spiro atoms. The second kappa shape index (κ2) is 7.91. The van der Waals surface area contributed by atoms with Crippen LogP contribution >= 0.6 is 11.8 Å². The van der Waals surface area contributed by atoms with Crippen LogP contribution in [0, 0.1) is 0 Å². The number of primary amides is 1. The van der Waals surface area contributed by atoms with Crippen LogP contribution < -0.4 is 10.5 Å². The van der Waals surface area contributed by atoms with Gasteiger partial charge in [-0.15, -0.1) is 10.2 Å². The van der Waals surface area contributed by atoms with Crippen LogP contribution in [0.3, 0.4) is 0 Å². The van der Waals surface area contributed by atoms with Gasteiger partial charge in [0.1, 0.15) is 5.75 Å². The van der Waals surface area contributed by atoms with Gasteiger partial charge in [-0.3, -0.25) is 9.36 Å². The molecule has 2 aromatic rings. The smallest absolute Gasteiger partial charge is 0.230 e. The third kappa shape index (κ3) is 3.81. The van der Waals surface area contributed by atoms with Gasteiger partial charge < -0.3 is 10.5 Å². The molecule has 0 aliphatic heterocycles. The minimum absolute atomic E-state index is 0.339. The molecule has 1 aliphatic rings. The number of methoxy groups -OCH3 is 1. The summed E-state index contributed by atoms with van der Waals surface area (Å²) in [6, 6.07) is 8.17. The molecule has 0 bridgehead atoms. The highest BCUT2D eigenvalue weighted by Crippen LogP contribution is 2.38. The van der Waals surface area contributed by atoms with Crippen LogP contribution in [0.4, 0.5) is 0 Å². The molecule has 7 heteroatoms. The molecule has 25 heavy (non-hydrogen) atoms. The van der Waals surface area contributed by atoms with E-state index in [9.17, 15) is 4.79 Å². The van der Waals surface area contributed by atoms with Crippen molar-refractivity contribution >= 4 is 17.7 Å². The lowest BCUT2D eigenvalue weighted by atomic mass is 9.95. The second-order valence-electron chi connectivity index (χ2n) is 6.33. The molecule has 1 saturated carbocycles. The minimum atomic E-state index is -0.350.